The summed E-state index contributed by atoms with van der Waals surface area (Å²) < 4.78 is 0. The van der Waals surface area contributed by atoms with E-state index < -0.39 is 5.97 Å². The van der Waals surface area contributed by atoms with Crippen molar-refractivity contribution in [1.29, 1.82) is 0 Å². The Morgan fingerprint density at radius 1 is 1.00 bits per heavy atom. The number of carboxylic acids is 1. The predicted octanol–water partition coefficient (Wildman–Crippen LogP) is 3.87. The topological polar surface area (TPSA) is 66.4 Å². The summed E-state index contributed by atoms with van der Waals surface area (Å²) in [5, 5.41) is 12.6. The van der Waals surface area contributed by atoms with Gasteiger partial charge in [0.25, 0.3) is 0 Å². The molecule has 108 valence electrons. The third kappa shape index (κ3) is 4.21. The van der Waals surface area contributed by atoms with Crippen LogP contribution in [0.25, 0.3) is 0 Å². The Morgan fingerprint density at radius 2 is 1.62 bits per heavy atom. The number of amides is 1. The van der Waals surface area contributed by atoms with Crippen molar-refractivity contribution in [1.82, 2.24) is 0 Å². The molecule has 0 aromatic heterocycles. The van der Waals surface area contributed by atoms with Crippen LogP contribution in [0.3, 0.4) is 0 Å². The van der Waals surface area contributed by atoms with Gasteiger partial charge in [0.15, 0.2) is 0 Å². The molecule has 0 fully saturated rings. The van der Waals surface area contributed by atoms with Gasteiger partial charge in [-0.25, -0.2) is 4.79 Å². The number of hydrogen-bond acceptors (Lipinski definition) is 2. The van der Waals surface area contributed by atoms with Gasteiger partial charge in [-0.2, -0.15) is 0 Å². The molecule has 0 aliphatic carbocycles. The van der Waals surface area contributed by atoms with Crippen molar-refractivity contribution in [2.24, 2.45) is 0 Å². The molecule has 2 aromatic carbocycles. The number of halogens is 2. The lowest BCUT2D eigenvalue weighted by Gasteiger charge is -2.09. The molecule has 2 aromatic rings. The predicted molar refractivity (Wildman–Crippen MR) is 82.2 cm³/mol. The van der Waals surface area contributed by atoms with E-state index in [9.17, 15) is 9.59 Å². The maximum absolute atomic E-state index is 12.0. The zero-order valence-electron chi connectivity index (χ0n) is 10.8. The van der Waals surface area contributed by atoms with E-state index in [-0.39, 0.29) is 23.6 Å². The van der Waals surface area contributed by atoms with Crippen LogP contribution in [0.1, 0.15) is 15.9 Å². The number of benzene rings is 2. The minimum Gasteiger partial charge on any atom is -0.478 e. The Labute approximate surface area is 131 Å². The van der Waals surface area contributed by atoms with Crippen LogP contribution in [0.4, 0.5) is 5.69 Å². The SMILES string of the molecule is O=C(Cc1ccc(Cl)cc1)Nc1ccc(Cl)cc1C(=O)O. The number of nitrogens with one attached hydrogen (secondary N) is 1. The lowest BCUT2D eigenvalue weighted by molar-refractivity contribution is -0.115. The van der Waals surface area contributed by atoms with E-state index in [2.05, 4.69) is 5.32 Å². The lowest BCUT2D eigenvalue weighted by Crippen LogP contribution is -2.16. The molecule has 21 heavy (non-hydrogen) atoms. The molecule has 0 saturated heterocycles. The first-order valence-electron chi connectivity index (χ1n) is 6.03. The molecular formula is C15H11Cl2NO3. The van der Waals surface area contributed by atoms with E-state index in [4.69, 9.17) is 28.3 Å². The van der Waals surface area contributed by atoms with E-state index in [0.717, 1.165) is 5.56 Å². The Balaban J connectivity index is 2.12. The van der Waals surface area contributed by atoms with Gasteiger partial charge >= 0.3 is 5.97 Å². The second kappa shape index (κ2) is 6.61. The van der Waals surface area contributed by atoms with Gasteiger partial charge in [0.05, 0.1) is 17.7 Å². The number of rotatable bonds is 4. The smallest absolute Gasteiger partial charge is 0.337 e. The summed E-state index contributed by atoms with van der Waals surface area (Å²) in [4.78, 5) is 23.1. The van der Waals surface area contributed by atoms with E-state index in [0.29, 0.717) is 10.0 Å². The summed E-state index contributed by atoms with van der Waals surface area (Å²) in [6.07, 6.45) is 0.124. The van der Waals surface area contributed by atoms with E-state index in [1.165, 1.54) is 18.2 Å². The molecular weight excluding hydrogens is 313 g/mol. The van der Waals surface area contributed by atoms with Crippen LogP contribution in [0.2, 0.25) is 10.0 Å². The lowest BCUT2D eigenvalue weighted by atomic mass is 10.1. The fraction of sp³-hybridized carbons (Fsp3) is 0.0667. The van der Waals surface area contributed by atoms with Crippen LogP contribution in [-0.4, -0.2) is 17.0 Å². The third-order valence-electron chi connectivity index (χ3n) is 2.76. The number of carbonyl (C=O) groups is 2. The Bertz CT molecular complexity index is 684. The number of aromatic carboxylic acids is 1. The minimum absolute atomic E-state index is 0.0491. The van der Waals surface area contributed by atoms with Gasteiger partial charge in [-0.1, -0.05) is 35.3 Å². The monoisotopic (exact) mass is 323 g/mol. The van der Waals surface area contributed by atoms with Gasteiger partial charge in [0.2, 0.25) is 5.91 Å². The largest absolute Gasteiger partial charge is 0.478 e. The van der Waals surface area contributed by atoms with E-state index >= 15 is 0 Å². The molecule has 0 aliphatic heterocycles. The van der Waals surface area contributed by atoms with Crippen molar-refractivity contribution >= 4 is 40.8 Å². The van der Waals surface area contributed by atoms with Crippen molar-refractivity contribution in [3.8, 4) is 0 Å². The molecule has 0 bridgehead atoms. The first-order valence-corrected chi connectivity index (χ1v) is 6.78. The standard InChI is InChI=1S/C15H11Cl2NO3/c16-10-3-1-9(2-4-10)7-14(19)18-13-6-5-11(17)8-12(13)15(20)21/h1-6,8H,7H2,(H,18,19)(H,20,21). The van der Waals surface area contributed by atoms with Crippen molar-refractivity contribution in [3.63, 3.8) is 0 Å². The molecule has 6 heteroatoms. The van der Waals surface area contributed by atoms with Crippen molar-refractivity contribution < 1.29 is 14.7 Å². The summed E-state index contributed by atoms with van der Waals surface area (Å²) in [6.45, 7) is 0. The molecule has 0 radical (unpaired) electrons. The zero-order valence-corrected chi connectivity index (χ0v) is 12.3. The molecule has 0 atom stereocenters. The van der Waals surface area contributed by atoms with Gasteiger partial charge in [-0.05, 0) is 35.9 Å². The molecule has 0 aliphatic rings. The van der Waals surface area contributed by atoms with E-state index in [1.807, 2.05) is 0 Å². The van der Waals surface area contributed by atoms with Crippen LogP contribution < -0.4 is 5.32 Å². The van der Waals surface area contributed by atoms with Crippen LogP contribution in [0, 0.1) is 0 Å². The molecule has 0 spiro atoms. The molecule has 4 nitrogen and oxygen atoms in total. The average Bonchev–Trinajstić information content (AvgIpc) is 2.43. The van der Waals surface area contributed by atoms with Crippen molar-refractivity contribution in [3.05, 3.63) is 63.6 Å². The third-order valence-corrected chi connectivity index (χ3v) is 3.25. The average molecular weight is 324 g/mol. The quantitative estimate of drug-likeness (QED) is 0.897. The normalized spacial score (nSPS) is 10.2. The first kappa shape index (κ1) is 15.4. The number of anilines is 1. The number of carbonyl (C=O) groups excluding carboxylic acids is 1. The van der Waals surface area contributed by atoms with Crippen LogP contribution in [-0.2, 0) is 11.2 Å². The second-order valence-electron chi connectivity index (χ2n) is 4.35. The Kier molecular flexibility index (Phi) is 4.83. The van der Waals surface area contributed by atoms with Crippen LogP contribution in [0.15, 0.2) is 42.5 Å². The van der Waals surface area contributed by atoms with E-state index in [1.54, 1.807) is 24.3 Å². The summed E-state index contributed by atoms with van der Waals surface area (Å²) in [5.41, 5.74) is 0.945. The summed E-state index contributed by atoms with van der Waals surface area (Å²) in [7, 11) is 0. The fourth-order valence-electron chi connectivity index (χ4n) is 1.78. The molecule has 2 N–H and O–H groups in total. The Hall–Kier alpha value is -2.04. The summed E-state index contributed by atoms with van der Waals surface area (Å²) in [5.74, 6) is -1.47. The van der Waals surface area contributed by atoms with Gasteiger partial charge in [-0.15, -0.1) is 0 Å². The van der Waals surface area contributed by atoms with Crippen molar-refractivity contribution in [2.75, 3.05) is 5.32 Å². The van der Waals surface area contributed by atoms with Gasteiger partial charge in [0, 0.05) is 10.0 Å². The van der Waals surface area contributed by atoms with Crippen molar-refractivity contribution in [2.45, 2.75) is 6.42 Å². The molecule has 0 heterocycles. The molecule has 0 unspecified atom stereocenters. The Morgan fingerprint density at radius 3 is 2.24 bits per heavy atom. The highest BCUT2D eigenvalue weighted by molar-refractivity contribution is 6.31. The highest BCUT2D eigenvalue weighted by Gasteiger charge is 2.13. The highest BCUT2D eigenvalue weighted by Crippen LogP contribution is 2.21. The maximum Gasteiger partial charge on any atom is 0.337 e. The second-order valence-corrected chi connectivity index (χ2v) is 5.22. The summed E-state index contributed by atoms with van der Waals surface area (Å²) in [6, 6.07) is 11.1. The molecule has 2 rings (SSSR count). The zero-order chi connectivity index (χ0) is 15.4. The minimum atomic E-state index is -1.15. The van der Waals surface area contributed by atoms with Gasteiger partial charge in [0.1, 0.15) is 0 Å². The number of hydrogen-bond donors (Lipinski definition) is 2. The molecule has 0 saturated carbocycles. The maximum atomic E-state index is 12.0. The fourth-order valence-corrected chi connectivity index (χ4v) is 2.08. The van der Waals surface area contributed by atoms with Crippen LogP contribution >= 0.6 is 23.2 Å². The van der Waals surface area contributed by atoms with Gasteiger partial charge in [-0.3, -0.25) is 4.79 Å². The first-order chi connectivity index (χ1) is 9.95. The number of carboxylic acid groups (broad SMARTS) is 1. The highest BCUT2D eigenvalue weighted by atomic mass is 35.5. The molecule has 1 amide bonds. The van der Waals surface area contributed by atoms with Gasteiger partial charge < -0.3 is 10.4 Å². The summed E-state index contributed by atoms with van der Waals surface area (Å²) >= 11 is 11.5. The van der Waals surface area contributed by atoms with Crippen LogP contribution in [0.5, 0.6) is 0 Å².